The molecule has 0 aliphatic heterocycles. The van der Waals surface area contributed by atoms with E-state index in [9.17, 15) is 23.3 Å². The predicted molar refractivity (Wildman–Crippen MR) is 99.6 cm³/mol. The van der Waals surface area contributed by atoms with E-state index in [2.05, 4.69) is 15.3 Å². The Morgan fingerprint density at radius 2 is 2.04 bits per heavy atom. The largest absolute Gasteiger partial charge is 0.329 e. The van der Waals surface area contributed by atoms with Crippen LogP contribution >= 0.6 is 11.6 Å². The first-order valence-corrected chi connectivity index (χ1v) is 9.62. The molecule has 1 heterocycles. The molecule has 0 saturated carbocycles. The lowest BCUT2D eigenvalue weighted by Gasteiger charge is -2.05. The van der Waals surface area contributed by atoms with Crippen LogP contribution in [0.15, 0.2) is 41.6 Å². The van der Waals surface area contributed by atoms with Crippen molar-refractivity contribution in [3.05, 3.63) is 57.1 Å². The van der Waals surface area contributed by atoms with Crippen molar-refractivity contribution in [2.24, 2.45) is 0 Å². The first kappa shape index (κ1) is 18.8. The second-order valence-corrected chi connectivity index (χ2v) is 8.11. The second kappa shape index (κ2) is 6.97. The van der Waals surface area contributed by atoms with Crippen molar-refractivity contribution >= 4 is 49.8 Å². The maximum Gasteiger partial charge on any atom is 0.289 e. The molecule has 140 valence electrons. The van der Waals surface area contributed by atoms with Gasteiger partial charge in [-0.25, -0.2) is 13.4 Å². The molecule has 11 heteroatoms. The number of nitro groups is 1. The summed E-state index contributed by atoms with van der Waals surface area (Å²) >= 11 is 5.70. The highest BCUT2D eigenvalue weighted by Crippen LogP contribution is 2.27. The summed E-state index contributed by atoms with van der Waals surface area (Å²) in [5, 5.41) is 12.8. The molecule has 0 saturated heterocycles. The minimum Gasteiger partial charge on any atom is -0.329 e. The maximum atomic E-state index is 12.4. The van der Waals surface area contributed by atoms with E-state index < -0.39 is 32.1 Å². The van der Waals surface area contributed by atoms with Crippen molar-refractivity contribution in [3.8, 4) is 0 Å². The van der Waals surface area contributed by atoms with Gasteiger partial charge in [-0.15, -0.1) is 0 Å². The molecule has 9 nitrogen and oxygen atoms in total. The van der Waals surface area contributed by atoms with Gasteiger partial charge in [-0.1, -0.05) is 17.7 Å². The van der Waals surface area contributed by atoms with Gasteiger partial charge >= 0.3 is 0 Å². The summed E-state index contributed by atoms with van der Waals surface area (Å²) < 4.78 is 24.9. The van der Waals surface area contributed by atoms with Crippen LogP contribution < -0.4 is 5.32 Å². The number of sulfone groups is 1. The molecule has 27 heavy (non-hydrogen) atoms. The topological polar surface area (TPSA) is 135 Å². The third kappa shape index (κ3) is 4.07. The van der Waals surface area contributed by atoms with Crippen molar-refractivity contribution in [2.45, 2.75) is 12.1 Å². The van der Waals surface area contributed by atoms with Gasteiger partial charge < -0.3 is 10.3 Å². The number of benzene rings is 2. The molecule has 0 radical (unpaired) electrons. The number of nitro benzene ring substituents is 1. The number of hydrogen-bond acceptors (Lipinski definition) is 6. The summed E-state index contributed by atoms with van der Waals surface area (Å²) in [5.74, 6) is -1.73. The van der Waals surface area contributed by atoms with Crippen LogP contribution in [-0.4, -0.2) is 35.0 Å². The molecule has 0 aliphatic carbocycles. The Kier molecular flexibility index (Phi) is 4.85. The van der Waals surface area contributed by atoms with Crippen LogP contribution in [0.5, 0.6) is 0 Å². The number of nitrogens with one attached hydrogen (secondary N) is 2. The molecule has 2 N–H and O–H groups in total. The molecule has 1 aromatic heterocycles. The van der Waals surface area contributed by atoms with E-state index in [1.807, 2.05) is 6.92 Å². The fourth-order valence-corrected chi connectivity index (χ4v) is 3.66. The van der Waals surface area contributed by atoms with Gasteiger partial charge in [0.15, 0.2) is 0 Å². The van der Waals surface area contributed by atoms with E-state index in [-0.39, 0.29) is 15.9 Å². The standard InChI is InChI=1S/C16H13ClN4O5S/c1-9-2-5-12-13(6-9)20-16(19-12)27(25,26)8-15(22)18-10-3-4-11(17)14(7-10)21(23)24/h2-7H,8H2,1H3,(H,18,22)(H,19,20). The van der Waals surface area contributed by atoms with Crippen molar-refractivity contribution in [1.29, 1.82) is 0 Å². The highest BCUT2D eigenvalue weighted by Gasteiger charge is 2.24. The normalized spacial score (nSPS) is 11.5. The Morgan fingerprint density at radius 1 is 1.30 bits per heavy atom. The van der Waals surface area contributed by atoms with Crippen LogP contribution in [-0.2, 0) is 14.6 Å². The number of aryl methyl sites for hydroxylation is 1. The highest BCUT2D eigenvalue weighted by molar-refractivity contribution is 7.92. The number of amides is 1. The monoisotopic (exact) mass is 408 g/mol. The van der Waals surface area contributed by atoms with Crippen LogP contribution in [0.1, 0.15) is 5.56 Å². The fourth-order valence-electron chi connectivity index (χ4n) is 2.42. The van der Waals surface area contributed by atoms with E-state index in [1.54, 1.807) is 18.2 Å². The number of hydrogen-bond donors (Lipinski definition) is 2. The van der Waals surface area contributed by atoms with Gasteiger partial charge in [0.1, 0.15) is 10.8 Å². The number of aromatic nitrogens is 2. The zero-order valence-corrected chi connectivity index (χ0v) is 15.5. The Balaban J connectivity index is 1.80. The summed E-state index contributed by atoms with van der Waals surface area (Å²) in [5.41, 5.74) is 1.60. The first-order valence-electron chi connectivity index (χ1n) is 7.58. The van der Waals surface area contributed by atoms with Gasteiger partial charge in [-0.3, -0.25) is 14.9 Å². The molecule has 0 bridgehead atoms. The SMILES string of the molecule is Cc1ccc2nc(S(=O)(=O)CC(=O)Nc3ccc(Cl)c([N+](=O)[O-])c3)[nH]c2c1. The number of H-pyrrole nitrogens is 1. The van der Waals surface area contributed by atoms with E-state index in [1.165, 1.54) is 12.1 Å². The molecule has 0 atom stereocenters. The van der Waals surface area contributed by atoms with Crippen LogP contribution in [0, 0.1) is 17.0 Å². The molecule has 3 aromatic rings. The Bertz CT molecular complexity index is 1170. The lowest BCUT2D eigenvalue weighted by atomic mass is 10.2. The van der Waals surface area contributed by atoms with E-state index in [4.69, 9.17) is 11.6 Å². The molecule has 1 amide bonds. The molecule has 0 aliphatic rings. The Hall–Kier alpha value is -2.98. The molecule has 0 fully saturated rings. The third-order valence-corrected chi connectivity index (χ3v) is 5.40. The number of fused-ring (bicyclic) bond motifs is 1. The minimum absolute atomic E-state index is 0.0616. The van der Waals surface area contributed by atoms with Gasteiger partial charge in [0.25, 0.3) is 5.69 Å². The summed E-state index contributed by atoms with van der Waals surface area (Å²) in [6, 6.07) is 8.84. The summed E-state index contributed by atoms with van der Waals surface area (Å²) in [6.07, 6.45) is 0. The number of imidazole rings is 1. The van der Waals surface area contributed by atoms with E-state index in [0.717, 1.165) is 11.6 Å². The predicted octanol–water partition coefficient (Wildman–Crippen LogP) is 2.85. The molecular weight excluding hydrogens is 396 g/mol. The second-order valence-electron chi connectivity index (χ2n) is 5.79. The number of anilines is 1. The Labute approximate surface area is 158 Å². The van der Waals surface area contributed by atoms with Crippen LogP contribution in [0.2, 0.25) is 5.02 Å². The Morgan fingerprint density at radius 3 is 2.74 bits per heavy atom. The number of carbonyl (C=O) groups is 1. The maximum absolute atomic E-state index is 12.4. The van der Waals surface area contributed by atoms with E-state index >= 15 is 0 Å². The molecular formula is C16H13ClN4O5S. The first-order chi connectivity index (χ1) is 12.7. The van der Waals surface area contributed by atoms with E-state index in [0.29, 0.717) is 11.0 Å². The lowest BCUT2D eigenvalue weighted by molar-refractivity contribution is -0.384. The van der Waals surface area contributed by atoms with Gasteiger partial charge in [-0.2, -0.15) is 0 Å². The van der Waals surface area contributed by atoms with Crippen molar-refractivity contribution < 1.29 is 18.1 Å². The van der Waals surface area contributed by atoms with Gasteiger partial charge in [0.2, 0.25) is 20.9 Å². The van der Waals surface area contributed by atoms with Crippen LogP contribution in [0.25, 0.3) is 11.0 Å². The number of aromatic amines is 1. The molecule has 0 unspecified atom stereocenters. The summed E-state index contributed by atoms with van der Waals surface area (Å²) in [7, 11) is -4.03. The zero-order valence-electron chi connectivity index (χ0n) is 13.9. The van der Waals surface area contributed by atoms with Crippen LogP contribution in [0.4, 0.5) is 11.4 Å². The number of nitrogens with zero attached hydrogens (tertiary/aromatic N) is 2. The van der Waals surface area contributed by atoms with Crippen molar-refractivity contribution in [1.82, 2.24) is 9.97 Å². The average molecular weight is 409 g/mol. The summed E-state index contributed by atoms with van der Waals surface area (Å²) in [4.78, 5) is 29.0. The number of carbonyl (C=O) groups excluding carboxylic acids is 1. The summed E-state index contributed by atoms with van der Waals surface area (Å²) in [6.45, 7) is 1.85. The smallest absolute Gasteiger partial charge is 0.289 e. The van der Waals surface area contributed by atoms with Gasteiger partial charge in [0, 0.05) is 11.8 Å². The molecule has 0 spiro atoms. The van der Waals surface area contributed by atoms with Crippen molar-refractivity contribution in [3.63, 3.8) is 0 Å². The molecule has 3 rings (SSSR count). The zero-order chi connectivity index (χ0) is 19.8. The van der Waals surface area contributed by atoms with Crippen molar-refractivity contribution in [2.75, 3.05) is 11.1 Å². The number of halogens is 1. The van der Waals surface area contributed by atoms with Gasteiger partial charge in [-0.05, 0) is 36.8 Å². The van der Waals surface area contributed by atoms with Crippen LogP contribution in [0.3, 0.4) is 0 Å². The fraction of sp³-hybridized carbons (Fsp3) is 0.125. The lowest BCUT2D eigenvalue weighted by Crippen LogP contribution is -2.23. The minimum atomic E-state index is -4.03. The van der Waals surface area contributed by atoms with Gasteiger partial charge in [0.05, 0.1) is 16.0 Å². The number of rotatable bonds is 5. The highest BCUT2D eigenvalue weighted by atomic mass is 35.5. The quantitative estimate of drug-likeness (QED) is 0.492. The molecule has 2 aromatic carbocycles. The average Bonchev–Trinajstić information content (AvgIpc) is 3.00. The third-order valence-electron chi connectivity index (χ3n) is 3.66.